The first-order valence-electron chi connectivity index (χ1n) is 6.97. The first kappa shape index (κ1) is 11.5. The highest BCUT2D eigenvalue weighted by Gasteiger charge is 2.57. The summed E-state index contributed by atoms with van der Waals surface area (Å²) in [5, 5.41) is 0. The minimum absolute atomic E-state index is 0.205. The molecule has 4 aliphatic rings. The zero-order valence-electron chi connectivity index (χ0n) is 10.7. The highest BCUT2D eigenvalue weighted by molar-refractivity contribution is 5.75. The van der Waals surface area contributed by atoms with E-state index in [0.717, 1.165) is 17.8 Å². The number of carbonyl (C=O) groups excluding carboxylic acids is 1. The fourth-order valence-corrected chi connectivity index (χ4v) is 5.36. The minimum atomic E-state index is -0.394. The van der Waals surface area contributed by atoms with Crippen LogP contribution in [0.2, 0.25) is 0 Å². The number of nitrogens with two attached hydrogens (primary N) is 2. The van der Waals surface area contributed by atoms with Gasteiger partial charge in [0.05, 0.1) is 0 Å². The van der Waals surface area contributed by atoms with Gasteiger partial charge in [0.1, 0.15) is 0 Å². The average Bonchev–Trinajstić information content (AvgIpc) is 2.12. The monoisotopic (exact) mass is 236 g/mol. The van der Waals surface area contributed by atoms with Gasteiger partial charge in [-0.15, -0.1) is 0 Å². The van der Waals surface area contributed by atoms with E-state index in [2.05, 4.69) is 6.92 Å². The van der Waals surface area contributed by atoms with Gasteiger partial charge in [0.25, 0.3) is 0 Å². The van der Waals surface area contributed by atoms with Crippen molar-refractivity contribution in [3.05, 3.63) is 0 Å². The van der Waals surface area contributed by atoms with Crippen LogP contribution in [0.25, 0.3) is 0 Å². The summed E-state index contributed by atoms with van der Waals surface area (Å²) in [5.74, 6) is 2.37. The molecule has 3 nitrogen and oxygen atoms in total. The van der Waals surface area contributed by atoms with Gasteiger partial charge in [-0.05, 0) is 68.6 Å². The van der Waals surface area contributed by atoms with Gasteiger partial charge >= 0.3 is 0 Å². The molecule has 4 bridgehead atoms. The van der Waals surface area contributed by atoms with Crippen molar-refractivity contribution >= 4 is 5.91 Å². The number of carbonyl (C=O) groups is 1. The van der Waals surface area contributed by atoms with Crippen LogP contribution in [-0.4, -0.2) is 11.4 Å². The molecule has 17 heavy (non-hydrogen) atoms. The number of primary amides is 1. The van der Waals surface area contributed by atoms with Crippen LogP contribution >= 0.6 is 0 Å². The summed E-state index contributed by atoms with van der Waals surface area (Å²) in [6.45, 7) is 2.06. The van der Waals surface area contributed by atoms with Crippen molar-refractivity contribution in [2.45, 2.75) is 57.4 Å². The van der Waals surface area contributed by atoms with E-state index < -0.39 is 5.54 Å². The molecule has 1 atom stereocenters. The molecule has 3 heteroatoms. The van der Waals surface area contributed by atoms with E-state index in [0.29, 0.717) is 6.42 Å². The Morgan fingerprint density at radius 2 is 1.59 bits per heavy atom. The highest BCUT2D eigenvalue weighted by Crippen LogP contribution is 2.63. The lowest BCUT2D eigenvalue weighted by Gasteiger charge is -2.62. The van der Waals surface area contributed by atoms with Gasteiger partial charge in [-0.2, -0.15) is 0 Å². The van der Waals surface area contributed by atoms with Crippen LogP contribution in [0, 0.1) is 23.2 Å². The molecular weight excluding hydrogens is 212 g/mol. The van der Waals surface area contributed by atoms with E-state index in [-0.39, 0.29) is 11.3 Å². The summed E-state index contributed by atoms with van der Waals surface area (Å²) in [6, 6.07) is 0. The van der Waals surface area contributed by atoms with Crippen molar-refractivity contribution in [2.24, 2.45) is 34.6 Å². The van der Waals surface area contributed by atoms with Crippen molar-refractivity contribution in [1.29, 1.82) is 0 Å². The minimum Gasteiger partial charge on any atom is -0.370 e. The molecule has 4 saturated carbocycles. The summed E-state index contributed by atoms with van der Waals surface area (Å²) in [4.78, 5) is 11.3. The quantitative estimate of drug-likeness (QED) is 0.784. The summed E-state index contributed by atoms with van der Waals surface area (Å²) < 4.78 is 0. The molecular formula is C14H24N2O. The maximum Gasteiger partial charge on any atom is 0.219 e. The van der Waals surface area contributed by atoms with Gasteiger partial charge in [0, 0.05) is 12.0 Å². The number of hydrogen-bond donors (Lipinski definition) is 2. The normalized spacial score (nSPS) is 46.8. The predicted octanol–water partition coefficient (Wildman–Crippen LogP) is 1.80. The molecule has 0 radical (unpaired) electrons. The van der Waals surface area contributed by atoms with Crippen molar-refractivity contribution in [2.75, 3.05) is 0 Å². The fourth-order valence-electron chi connectivity index (χ4n) is 5.36. The SMILES string of the molecule is CC(N)(CC(N)=O)C12CC3CC(CC(C3)C1)C2. The molecule has 96 valence electrons. The molecule has 4 N–H and O–H groups in total. The third kappa shape index (κ3) is 1.70. The van der Waals surface area contributed by atoms with Crippen LogP contribution in [0.3, 0.4) is 0 Å². The second-order valence-corrected chi connectivity index (χ2v) is 7.26. The lowest BCUT2D eigenvalue weighted by molar-refractivity contribution is -0.126. The zero-order chi connectivity index (χ0) is 12.3. The van der Waals surface area contributed by atoms with Crippen LogP contribution in [0.15, 0.2) is 0 Å². The molecule has 4 aliphatic carbocycles. The van der Waals surface area contributed by atoms with Crippen LogP contribution in [0.4, 0.5) is 0 Å². The van der Waals surface area contributed by atoms with Crippen molar-refractivity contribution < 1.29 is 4.79 Å². The molecule has 0 aromatic carbocycles. The molecule has 0 saturated heterocycles. The van der Waals surface area contributed by atoms with E-state index in [1.807, 2.05) is 0 Å². The third-order valence-corrected chi connectivity index (χ3v) is 5.79. The summed E-state index contributed by atoms with van der Waals surface area (Å²) in [6.07, 6.45) is 8.28. The molecule has 4 rings (SSSR count). The standard InChI is InChI=1S/C14H24N2O/c1-13(16,8-12(15)17)14-5-9-2-10(6-14)4-11(3-9)7-14/h9-11H,2-8,16H2,1H3,(H2,15,17). The first-order chi connectivity index (χ1) is 7.90. The maximum atomic E-state index is 11.3. The van der Waals surface area contributed by atoms with Crippen LogP contribution in [-0.2, 0) is 4.79 Å². The molecule has 0 heterocycles. The van der Waals surface area contributed by atoms with E-state index in [1.165, 1.54) is 38.5 Å². The first-order valence-corrected chi connectivity index (χ1v) is 6.97. The molecule has 0 aliphatic heterocycles. The number of rotatable bonds is 3. The Morgan fingerprint density at radius 1 is 1.18 bits per heavy atom. The summed E-state index contributed by atoms with van der Waals surface area (Å²) >= 11 is 0. The van der Waals surface area contributed by atoms with Gasteiger partial charge < -0.3 is 11.5 Å². The molecule has 0 aromatic heterocycles. The predicted molar refractivity (Wildman–Crippen MR) is 67.0 cm³/mol. The van der Waals surface area contributed by atoms with Crippen LogP contribution < -0.4 is 11.5 Å². The maximum absolute atomic E-state index is 11.3. The van der Waals surface area contributed by atoms with E-state index in [1.54, 1.807) is 0 Å². The van der Waals surface area contributed by atoms with E-state index in [9.17, 15) is 4.79 Å². The highest BCUT2D eigenvalue weighted by atomic mass is 16.1. The molecule has 1 unspecified atom stereocenters. The topological polar surface area (TPSA) is 69.1 Å². The molecule has 4 fully saturated rings. The van der Waals surface area contributed by atoms with Crippen LogP contribution in [0.1, 0.15) is 51.9 Å². The third-order valence-electron chi connectivity index (χ3n) is 5.79. The Morgan fingerprint density at radius 3 is 1.94 bits per heavy atom. The average molecular weight is 236 g/mol. The van der Waals surface area contributed by atoms with Crippen molar-refractivity contribution in [3.8, 4) is 0 Å². The molecule has 0 aromatic rings. The van der Waals surface area contributed by atoms with Gasteiger partial charge in [-0.1, -0.05) is 0 Å². The van der Waals surface area contributed by atoms with Gasteiger partial charge in [-0.3, -0.25) is 4.79 Å². The second kappa shape index (κ2) is 3.47. The fraction of sp³-hybridized carbons (Fsp3) is 0.929. The van der Waals surface area contributed by atoms with E-state index >= 15 is 0 Å². The van der Waals surface area contributed by atoms with Gasteiger partial charge in [0.2, 0.25) is 5.91 Å². The largest absolute Gasteiger partial charge is 0.370 e. The molecule has 0 spiro atoms. The second-order valence-electron chi connectivity index (χ2n) is 7.26. The Labute approximate surface area is 103 Å². The Kier molecular flexibility index (Phi) is 2.35. The van der Waals surface area contributed by atoms with Crippen molar-refractivity contribution in [3.63, 3.8) is 0 Å². The lowest BCUT2D eigenvalue weighted by Crippen LogP contribution is -2.62. The molecule has 1 amide bonds. The lowest BCUT2D eigenvalue weighted by atomic mass is 9.44. The summed E-state index contributed by atoms with van der Waals surface area (Å²) in [5.41, 5.74) is 11.7. The summed E-state index contributed by atoms with van der Waals surface area (Å²) in [7, 11) is 0. The van der Waals surface area contributed by atoms with Crippen LogP contribution in [0.5, 0.6) is 0 Å². The van der Waals surface area contributed by atoms with E-state index in [4.69, 9.17) is 11.5 Å². The Balaban J connectivity index is 1.88. The smallest absolute Gasteiger partial charge is 0.219 e. The van der Waals surface area contributed by atoms with Crippen molar-refractivity contribution in [1.82, 2.24) is 0 Å². The Bertz CT molecular complexity index is 313. The Hall–Kier alpha value is -0.570. The number of hydrogen-bond acceptors (Lipinski definition) is 2. The van der Waals surface area contributed by atoms with Gasteiger partial charge in [0.15, 0.2) is 0 Å². The number of amides is 1. The van der Waals surface area contributed by atoms with Gasteiger partial charge in [-0.25, -0.2) is 0 Å². The zero-order valence-corrected chi connectivity index (χ0v) is 10.7.